The fourth-order valence-corrected chi connectivity index (χ4v) is 1.99. The molecule has 2 N–H and O–H groups in total. The van der Waals surface area contributed by atoms with Gasteiger partial charge < -0.3 is 9.97 Å². The van der Waals surface area contributed by atoms with Crippen LogP contribution in [0.5, 0.6) is 0 Å². The Morgan fingerprint density at radius 2 is 2.00 bits per heavy atom. The first-order chi connectivity index (χ1) is 7.00. The quantitative estimate of drug-likeness (QED) is 0.742. The zero-order chi connectivity index (χ0) is 11.2. The minimum absolute atomic E-state index is 0.176. The van der Waals surface area contributed by atoms with Gasteiger partial charge in [-0.2, -0.15) is 0 Å². The second-order valence-electron chi connectivity index (χ2n) is 4.05. The van der Waals surface area contributed by atoms with Crippen LogP contribution >= 0.6 is 0 Å². The molecule has 0 radical (unpaired) electrons. The van der Waals surface area contributed by atoms with Crippen molar-refractivity contribution in [3.05, 3.63) is 33.5 Å². The van der Waals surface area contributed by atoms with Gasteiger partial charge in [-0.15, -0.1) is 0 Å². The van der Waals surface area contributed by atoms with E-state index in [1.54, 1.807) is 6.92 Å². The van der Waals surface area contributed by atoms with Crippen LogP contribution in [0.15, 0.2) is 10.9 Å². The average Bonchev–Trinajstić information content (AvgIpc) is 2.46. The highest BCUT2D eigenvalue weighted by Crippen LogP contribution is 2.27. The summed E-state index contributed by atoms with van der Waals surface area (Å²) < 4.78 is 13.5. The fourth-order valence-electron chi connectivity index (χ4n) is 1.99. The number of benzene rings is 1. The second kappa shape index (κ2) is 3.22. The van der Waals surface area contributed by atoms with Gasteiger partial charge in [0.25, 0.3) is 0 Å². The normalized spacial score (nSPS) is 11.5. The Labute approximate surface area is 86.3 Å². The summed E-state index contributed by atoms with van der Waals surface area (Å²) in [5.74, 6) is -0.101. The Balaban J connectivity index is 2.94. The van der Waals surface area contributed by atoms with Crippen molar-refractivity contribution in [3.8, 4) is 0 Å². The van der Waals surface area contributed by atoms with Gasteiger partial charge in [-0.3, -0.25) is 0 Å². The molecule has 4 heteroatoms. The van der Waals surface area contributed by atoms with E-state index in [9.17, 15) is 9.18 Å². The Kier molecular flexibility index (Phi) is 2.14. The van der Waals surface area contributed by atoms with Crippen LogP contribution in [0.4, 0.5) is 4.39 Å². The first-order valence-electron chi connectivity index (χ1n) is 4.91. The molecule has 2 aromatic rings. The summed E-state index contributed by atoms with van der Waals surface area (Å²) in [4.78, 5) is 16.4. The van der Waals surface area contributed by atoms with Gasteiger partial charge in [0.15, 0.2) is 0 Å². The van der Waals surface area contributed by atoms with Gasteiger partial charge in [0.05, 0.1) is 11.0 Å². The molecule has 0 aliphatic heterocycles. The van der Waals surface area contributed by atoms with Crippen molar-refractivity contribution in [3.63, 3.8) is 0 Å². The van der Waals surface area contributed by atoms with Gasteiger partial charge in [-0.1, -0.05) is 13.8 Å². The summed E-state index contributed by atoms with van der Waals surface area (Å²) in [6, 6.07) is 1.36. The second-order valence-corrected chi connectivity index (χ2v) is 4.05. The Bertz CT molecular complexity index is 566. The maximum absolute atomic E-state index is 13.5. The lowest BCUT2D eigenvalue weighted by atomic mass is 9.96. The minimum Gasteiger partial charge on any atom is -0.306 e. The zero-order valence-corrected chi connectivity index (χ0v) is 8.94. The lowest BCUT2D eigenvalue weighted by molar-refractivity contribution is 0.615. The van der Waals surface area contributed by atoms with Gasteiger partial charge in [0, 0.05) is 0 Å². The maximum Gasteiger partial charge on any atom is 0.323 e. The average molecular weight is 208 g/mol. The molecule has 0 spiro atoms. The first kappa shape index (κ1) is 9.96. The molecule has 0 aliphatic carbocycles. The van der Waals surface area contributed by atoms with Gasteiger partial charge in [0.1, 0.15) is 5.82 Å². The van der Waals surface area contributed by atoms with Crippen LogP contribution in [-0.2, 0) is 0 Å². The van der Waals surface area contributed by atoms with Crippen LogP contribution in [0.3, 0.4) is 0 Å². The van der Waals surface area contributed by atoms with Crippen molar-refractivity contribution in [1.82, 2.24) is 9.97 Å². The fraction of sp³-hybridized carbons (Fsp3) is 0.364. The third-order valence-corrected chi connectivity index (χ3v) is 2.64. The van der Waals surface area contributed by atoms with Crippen LogP contribution in [-0.4, -0.2) is 9.97 Å². The van der Waals surface area contributed by atoms with E-state index in [1.165, 1.54) is 6.07 Å². The van der Waals surface area contributed by atoms with Gasteiger partial charge in [-0.05, 0) is 30.0 Å². The molecule has 0 bridgehead atoms. The van der Waals surface area contributed by atoms with Crippen molar-refractivity contribution in [2.24, 2.45) is 0 Å². The van der Waals surface area contributed by atoms with E-state index >= 15 is 0 Å². The third kappa shape index (κ3) is 1.46. The summed E-state index contributed by atoms with van der Waals surface area (Å²) >= 11 is 0. The molecule has 0 amide bonds. The first-order valence-corrected chi connectivity index (χ1v) is 4.91. The van der Waals surface area contributed by atoms with Gasteiger partial charge >= 0.3 is 5.69 Å². The lowest BCUT2D eigenvalue weighted by Crippen LogP contribution is -2.00. The molecule has 0 unspecified atom stereocenters. The van der Waals surface area contributed by atoms with Gasteiger partial charge in [0.2, 0.25) is 0 Å². The number of imidazole rings is 1. The zero-order valence-electron chi connectivity index (χ0n) is 8.94. The highest BCUT2D eigenvalue weighted by atomic mass is 19.1. The standard InChI is InChI=1S/C11H13FN2O/c1-5(2)9-6(3)7(12)4-8-10(9)14-11(15)13-8/h4-5H,1-3H3,(H2,13,14,15). The smallest absolute Gasteiger partial charge is 0.306 e. The topological polar surface area (TPSA) is 48.6 Å². The Hall–Kier alpha value is -1.58. The van der Waals surface area contributed by atoms with Crippen LogP contribution in [0, 0.1) is 12.7 Å². The number of hydrogen-bond acceptors (Lipinski definition) is 1. The Morgan fingerprint density at radius 3 is 2.60 bits per heavy atom. The third-order valence-electron chi connectivity index (χ3n) is 2.64. The molecule has 15 heavy (non-hydrogen) atoms. The molecule has 1 aromatic heterocycles. The van der Waals surface area contributed by atoms with Crippen molar-refractivity contribution in [2.75, 3.05) is 0 Å². The van der Waals surface area contributed by atoms with Gasteiger partial charge in [-0.25, -0.2) is 9.18 Å². The summed E-state index contributed by atoms with van der Waals surface area (Å²) in [7, 11) is 0. The van der Waals surface area contributed by atoms with E-state index in [4.69, 9.17) is 0 Å². The van der Waals surface area contributed by atoms with Crippen molar-refractivity contribution in [1.29, 1.82) is 0 Å². The molecular formula is C11H13FN2O. The van der Waals surface area contributed by atoms with Crippen LogP contribution in [0.1, 0.15) is 30.9 Å². The molecule has 1 aromatic carbocycles. The largest absolute Gasteiger partial charge is 0.323 e. The number of rotatable bonds is 1. The summed E-state index contributed by atoms with van der Waals surface area (Å²) in [5.41, 5.74) is 2.42. The molecule has 0 saturated carbocycles. The molecule has 3 nitrogen and oxygen atoms in total. The number of halogens is 1. The molecule has 0 saturated heterocycles. The monoisotopic (exact) mass is 208 g/mol. The lowest BCUT2D eigenvalue weighted by Gasteiger charge is -2.11. The van der Waals surface area contributed by atoms with Crippen LogP contribution < -0.4 is 5.69 Å². The molecule has 2 rings (SSSR count). The SMILES string of the molecule is Cc1c(F)cc2[nH]c(=O)[nH]c2c1C(C)C. The molecule has 0 atom stereocenters. The Morgan fingerprint density at radius 1 is 1.33 bits per heavy atom. The van der Waals surface area contributed by atoms with Crippen molar-refractivity contribution < 1.29 is 4.39 Å². The summed E-state index contributed by atoms with van der Waals surface area (Å²) in [6.45, 7) is 5.69. The van der Waals surface area contributed by atoms with E-state index in [0.29, 0.717) is 16.6 Å². The molecule has 0 fully saturated rings. The number of aromatic nitrogens is 2. The van der Waals surface area contributed by atoms with E-state index in [0.717, 1.165) is 5.56 Å². The predicted octanol–water partition coefficient (Wildman–Crippen LogP) is 2.43. The molecular weight excluding hydrogens is 195 g/mol. The van der Waals surface area contributed by atoms with Crippen LogP contribution in [0.25, 0.3) is 11.0 Å². The van der Waals surface area contributed by atoms with Crippen molar-refractivity contribution in [2.45, 2.75) is 26.7 Å². The number of H-pyrrole nitrogens is 2. The number of fused-ring (bicyclic) bond motifs is 1. The van der Waals surface area contributed by atoms with Crippen LogP contribution in [0.2, 0.25) is 0 Å². The predicted molar refractivity (Wildman–Crippen MR) is 57.7 cm³/mol. The minimum atomic E-state index is -0.295. The molecule has 80 valence electrons. The molecule has 0 aliphatic rings. The molecule has 1 heterocycles. The van der Waals surface area contributed by atoms with E-state index in [-0.39, 0.29) is 17.4 Å². The van der Waals surface area contributed by atoms with E-state index < -0.39 is 0 Å². The van der Waals surface area contributed by atoms with E-state index in [1.807, 2.05) is 13.8 Å². The highest BCUT2D eigenvalue weighted by molar-refractivity contribution is 5.80. The highest BCUT2D eigenvalue weighted by Gasteiger charge is 2.14. The summed E-state index contributed by atoms with van der Waals surface area (Å²) in [6.07, 6.45) is 0. The number of nitrogens with one attached hydrogen (secondary N) is 2. The number of aromatic amines is 2. The van der Waals surface area contributed by atoms with E-state index in [2.05, 4.69) is 9.97 Å². The van der Waals surface area contributed by atoms with Crippen molar-refractivity contribution >= 4 is 11.0 Å². The number of hydrogen-bond donors (Lipinski definition) is 2. The summed E-state index contributed by atoms with van der Waals surface area (Å²) in [5, 5.41) is 0. The maximum atomic E-state index is 13.5.